The van der Waals surface area contributed by atoms with Gasteiger partial charge < -0.3 is 8.92 Å². The van der Waals surface area contributed by atoms with E-state index in [-0.39, 0.29) is 22.3 Å². The molecule has 0 amide bonds. The molecule has 3 nitrogen and oxygen atoms in total. The molecule has 0 spiro atoms. The Morgan fingerprint density at radius 1 is 0.886 bits per heavy atom. The second kappa shape index (κ2) is 9.30. The zero-order valence-electron chi connectivity index (χ0n) is 17.0. The molecule has 0 fully saturated rings. The molecule has 35 heavy (non-hydrogen) atoms. The lowest BCUT2D eigenvalue weighted by molar-refractivity contribution is -0.137. The van der Waals surface area contributed by atoms with E-state index in [4.69, 9.17) is 16.3 Å². The summed E-state index contributed by atoms with van der Waals surface area (Å²) in [6.45, 7) is 0.101. The van der Waals surface area contributed by atoms with Crippen LogP contribution in [0.3, 0.4) is 0 Å². The number of fused-ring (bicyclic) bond motifs is 1. The van der Waals surface area contributed by atoms with Crippen LogP contribution in [0.4, 0.5) is 35.1 Å². The first-order chi connectivity index (χ1) is 16.4. The van der Waals surface area contributed by atoms with Gasteiger partial charge in [-0.3, -0.25) is 0 Å². The van der Waals surface area contributed by atoms with Gasteiger partial charge in [0.25, 0.3) is 0 Å². The highest BCUT2D eigenvalue weighted by Gasteiger charge is 2.33. The first kappa shape index (κ1) is 25.2. The lowest BCUT2D eigenvalue weighted by Gasteiger charge is -2.27. The highest BCUT2D eigenvalue weighted by Crippen LogP contribution is 2.43. The van der Waals surface area contributed by atoms with Crippen molar-refractivity contribution in [2.75, 3.05) is 6.61 Å². The summed E-state index contributed by atoms with van der Waals surface area (Å²) >= 11 is 3.39. The van der Waals surface area contributed by atoms with Crippen LogP contribution in [0, 0.1) is 29.1 Å². The quantitative estimate of drug-likeness (QED) is 0.201. The van der Waals surface area contributed by atoms with Gasteiger partial charge in [-0.2, -0.15) is 22.0 Å². The molecule has 4 rings (SSSR count). The molecule has 0 aromatic heterocycles. The Morgan fingerprint density at radius 3 is 2.09 bits per heavy atom. The van der Waals surface area contributed by atoms with Gasteiger partial charge in [0.15, 0.2) is 0 Å². The highest BCUT2D eigenvalue weighted by atomic mass is 35.5. The second-order valence-corrected chi connectivity index (χ2v) is 8.86. The molecule has 0 saturated carbocycles. The van der Waals surface area contributed by atoms with Crippen LogP contribution in [0.2, 0.25) is 5.02 Å². The molecule has 3 aromatic carbocycles. The third kappa shape index (κ3) is 4.68. The molecule has 1 heterocycles. The van der Waals surface area contributed by atoms with Gasteiger partial charge in [-0.15, -0.1) is 0 Å². The topological polar surface area (TPSA) is 35.5 Å². The Hall–Kier alpha value is -2.86. The molecule has 1 aliphatic heterocycles. The Labute approximate surface area is 199 Å². The maximum absolute atomic E-state index is 13.8. The molecule has 0 radical (unpaired) electrons. The van der Waals surface area contributed by atoms with E-state index in [1.807, 2.05) is 0 Å². The fourth-order valence-electron chi connectivity index (χ4n) is 3.56. The number of hydrogen-bond acceptors (Lipinski definition) is 3. The predicted molar refractivity (Wildman–Crippen MR) is 108 cm³/mol. The van der Waals surface area contributed by atoms with Crippen molar-refractivity contribution in [3.63, 3.8) is 0 Å². The minimum absolute atomic E-state index is 0.101. The van der Waals surface area contributed by atoms with Crippen molar-refractivity contribution in [3.8, 4) is 11.5 Å². The Bertz CT molecular complexity index is 1320. The van der Waals surface area contributed by atoms with E-state index < -0.39 is 63.6 Å². The predicted octanol–water partition coefficient (Wildman–Crippen LogP) is 7.07. The van der Waals surface area contributed by atoms with E-state index in [0.717, 1.165) is 12.1 Å². The summed E-state index contributed by atoms with van der Waals surface area (Å²) in [5.41, 5.74) is -0.0693. The molecule has 186 valence electrons. The van der Waals surface area contributed by atoms with Crippen molar-refractivity contribution in [3.05, 3.63) is 87.2 Å². The lowest BCUT2D eigenvalue weighted by Crippen LogP contribution is -2.17. The summed E-state index contributed by atoms with van der Waals surface area (Å²) in [6, 6.07) is 6.68. The zero-order chi connectivity index (χ0) is 25.7. The van der Waals surface area contributed by atoms with Crippen molar-refractivity contribution in [2.45, 2.75) is 23.4 Å². The molecule has 0 N–H and O–H groups in total. The summed E-state index contributed by atoms with van der Waals surface area (Å²) in [6.07, 6.45) is -4.23. The summed E-state index contributed by atoms with van der Waals surface area (Å²) in [7, 11) is 0. The van der Waals surface area contributed by atoms with Gasteiger partial charge in [-0.05, 0) is 30.2 Å². The average molecular weight is 543 g/mol. The molecule has 0 saturated heterocycles. The number of hydrogen-bond donors (Lipinski definition) is 0. The first-order valence-corrected chi connectivity index (χ1v) is 11.1. The van der Waals surface area contributed by atoms with Gasteiger partial charge in [0.2, 0.25) is 45.9 Å². The molecule has 2 atom stereocenters. The number of rotatable bonds is 4. The first-order valence-electron chi connectivity index (χ1n) is 9.65. The van der Waals surface area contributed by atoms with E-state index in [9.17, 15) is 39.3 Å². The normalized spacial score (nSPS) is 16.4. The fourth-order valence-corrected chi connectivity index (χ4v) is 4.65. The SMILES string of the molecule is O=S(Oc1c(F)c(F)c(F)c(F)c1F)c1ccc2c(c1)OCCC2c1ccc(C(F)(F)F)cc1Cl. The lowest BCUT2D eigenvalue weighted by atomic mass is 9.86. The molecule has 0 bridgehead atoms. The minimum atomic E-state index is -4.58. The number of alkyl halides is 3. The second-order valence-electron chi connectivity index (χ2n) is 7.34. The molecule has 2 unspecified atom stereocenters. The van der Waals surface area contributed by atoms with Crippen LogP contribution in [0.25, 0.3) is 0 Å². The van der Waals surface area contributed by atoms with Crippen molar-refractivity contribution in [2.24, 2.45) is 0 Å². The largest absolute Gasteiger partial charge is 0.493 e. The van der Waals surface area contributed by atoms with Gasteiger partial charge in [-0.1, -0.05) is 23.7 Å². The summed E-state index contributed by atoms with van der Waals surface area (Å²) < 4.78 is 129. The minimum Gasteiger partial charge on any atom is -0.493 e. The van der Waals surface area contributed by atoms with Crippen LogP contribution in [-0.2, 0) is 17.3 Å². The van der Waals surface area contributed by atoms with Crippen LogP contribution in [-0.4, -0.2) is 10.8 Å². The molecule has 1 aliphatic rings. The van der Waals surface area contributed by atoms with Gasteiger partial charge in [0.1, 0.15) is 5.75 Å². The number of ether oxygens (including phenoxy) is 1. The highest BCUT2D eigenvalue weighted by molar-refractivity contribution is 7.80. The van der Waals surface area contributed by atoms with E-state index in [1.54, 1.807) is 0 Å². The molecule has 13 heteroatoms. The maximum Gasteiger partial charge on any atom is 0.416 e. The van der Waals surface area contributed by atoms with Crippen molar-refractivity contribution in [1.29, 1.82) is 0 Å². The smallest absolute Gasteiger partial charge is 0.416 e. The summed E-state index contributed by atoms with van der Waals surface area (Å²) in [5, 5.41) is -0.125. The third-order valence-electron chi connectivity index (χ3n) is 5.25. The number of halogens is 9. The Kier molecular flexibility index (Phi) is 6.71. The number of benzene rings is 3. The van der Waals surface area contributed by atoms with Crippen LogP contribution in [0.5, 0.6) is 11.5 Å². The van der Waals surface area contributed by atoms with Crippen LogP contribution < -0.4 is 8.92 Å². The van der Waals surface area contributed by atoms with Gasteiger partial charge in [-0.25, -0.2) is 17.4 Å². The summed E-state index contributed by atoms with van der Waals surface area (Å²) in [5.74, 6) is -13.6. The van der Waals surface area contributed by atoms with Crippen molar-refractivity contribution < 1.29 is 48.3 Å². The van der Waals surface area contributed by atoms with Gasteiger partial charge in [0, 0.05) is 22.6 Å². The van der Waals surface area contributed by atoms with Crippen molar-refractivity contribution in [1.82, 2.24) is 0 Å². The third-order valence-corrected chi connectivity index (χ3v) is 6.53. The molecular formula is C22H11ClF8O3S. The van der Waals surface area contributed by atoms with E-state index >= 15 is 0 Å². The van der Waals surface area contributed by atoms with E-state index in [1.165, 1.54) is 24.3 Å². The molecule has 3 aromatic rings. The van der Waals surface area contributed by atoms with Crippen LogP contribution in [0.1, 0.15) is 29.0 Å². The van der Waals surface area contributed by atoms with Crippen molar-refractivity contribution >= 4 is 22.7 Å². The fraction of sp³-hybridized carbons (Fsp3) is 0.182. The monoisotopic (exact) mass is 542 g/mol. The standard InChI is InChI=1S/C22H11ClF8O3S/c23-14-7-9(22(29,30)31)1-3-12(14)11-5-6-33-15-8-10(2-4-13(11)15)35(32)34-21-19(27)17(25)16(24)18(26)20(21)28/h1-4,7-8,11H,5-6H2. The van der Waals surface area contributed by atoms with E-state index in [2.05, 4.69) is 4.18 Å². The van der Waals surface area contributed by atoms with Gasteiger partial charge in [0.05, 0.1) is 17.1 Å². The van der Waals surface area contributed by atoms with Crippen LogP contribution >= 0.6 is 11.6 Å². The van der Waals surface area contributed by atoms with E-state index in [0.29, 0.717) is 17.5 Å². The Balaban J connectivity index is 1.65. The maximum atomic E-state index is 13.8. The van der Waals surface area contributed by atoms with Gasteiger partial charge >= 0.3 is 6.18 Å². The van der Waals surface area contributed by atoms with Crippen LogP contribution in [0.15, 0.2) is 41.3 Å². The Morgan fingerprint density at radius 2 is 1.49 bits per heavy atom. The zero-order valence-corrected chi connectivity index (χ0v) is 18.6. The summed E-state index contributed by atoms with van der Waals surface area (Å²) in [4.78, 5) is -0.230. The molecular weight excluding hydrogens is 532 g/mol. The average Bonchev–Trinajstić information content (AvgIpc) is 2.82. The molecule has 0 aliphatic carbocycles.